The van der Waals surface area contributed by atoms with Crippen molar-refractivity contribution in [3.8, 4) is 11.5 Å². The average Bonchev–Trinajstić information content (AvgIpc) is 2.78. The van der Waals surface area contributed by atoms with Crippen LogP contribution in [0.1, 0.15) is 26.7 Å². The van der Waals surface area contributed by atoms with Crippen LogP contribution in [0.4, 0.5) is 0 Å². The lowest BCUT2D eigenvalue weighted by Crippen LogP contribution is -2.35. The zero-order chi connectivity index (χ0) is 14.0. The number of hydrogen-bond donors (Lipinski definition) is 1. The van der Waals surface area contributed by atoms with Gasteiger partial charge in [0.25, 0.3) is 0 Å². The van der Waals surface area contributed by atoms with Crippen LogP contribution < -0.4 is 5.32 Å². The first-order chi connectivity index (χ1) is 8.85. The molecule has 1 aromatic carbocycles. The highest BCUT2D eigenvalue weighted by molar-refractivity contribution is 9.10. The molecule has 6 heteroatoms. The molecule has 1 aromatic heterocycles. The van der Waals surface area contributed by atoms with Crippen LogP contribution in [0.2, 0.25) is 5.02 Å². The molecule has 0 saturated carbocycles. The maximum Gasteiger partial charge on any atom is 0.247 e. The van der Waals surface area contributed by atoms with E-state index in [1.807, 2.05) is 12.1 Å². The largest absolute Gasteiger partial charge is 0.419 e. The topological polar surface area (TPSA) is 51.0 Å². The van der Waals surface area contributed by atoms with Crippen LogP contribution in [0.25, 0.3) is 11.5 Å². The number of aromatic nitrogens is 2. The fraction of sp³-hybridized carbons (Fsp3) is 0.385. The van der Waals surface area contributed by atoms with Gasteiger partial charge in [0.05, 0.1) is 11.6 Å². The Labute approximate surface area is 125 Å². The van der Waals surface area contributed by atoms with Crippen molar-refractivity contribution in [2.45, 2.75) is 32.9 Å². The number of rotatable bonds is 3. The first-order valence-corrected chi connectivity index (χ1v) is 7.05. The summed E-state index contributed by atoms with van der Waals surface area (Å²) in [4.78, 5) is 0. The van der Waals surface area contributed by atoms with Crippen molar-refractivity contribution in [3.05, 3.63) is 33.6 Å². The van der Waals surface area contributed by atoms with Crippen molar-refractivity contribution in [1.82, 2.24) is 15.5 Å². The Morgan fingerprint density at radius 2 is 2.05 bits per heavy atom. The van der Waals surface area contributed by atoms with Gasteiger partial charge in [-0.05, 0) is 54.9 Å². The summed E-state index contributed by atoms with van der Waals surface area (Å²) in [6, 6.07) is 5.53. The lowest BCUT2D eigenvalue weighted by molar-refractivity contribution is 0.383. The van der Waals surface area contributed by atoms with Gasteiger partial charge in [0.15, 0.2) is 0 Å². The van der Waals surface area contributed by atoms with Gasteiger partial charge < -0.3 is 9.73 Å². The zero-order valence-electron chi connectivity index (χ0n) is 11.0. The summed E-state index contributed by atoms with van der Waals surface area (Å²) in [5.74, 6) is 1.03. The van der Waals surface area contributed by atoms with E-state index in [0.29, 0.717) is 23.3 Å². The number of nitrogens with one attached hydrogen (secondary N) is 1. The molecule has 102 valence electrons. The summed E-state index contributed by atoms with van der Waals surface area (Å²) in [6.45, 7) is 6.79. The van der Waals surface area contributed by atoms with E-state index >= 15 is 0 Å². The molecule has 0 amide bonds. The average molecular weight is 345 g/mol. The van der Waals surface area contributed by atoms with Gasteiger partial charge in [0, 0.05) is 15.6 Å². The van der Waals surface area contributed by atoms with Gasteiger partial charge in [-0.3, -0.25) is 0 Å². The smallest absolute Gasteiger partial charge is 0.247 e. The van der Waals surface area contributed by atoms with Crippen molar-refractivity contribution in [2.75, 3.05) is 0 Å². The molecule has 1 N–H and O–H groups in total. The number of nitrogens with zero attached hydrogens (tertiary/aromatic N) is 2. The molecule has 4 nitrogen and oxygen atoms in total. The first-order valence-electron chi connectivity index (χ1n) is 5.88. The molecule has 0 spiro atoms. The highest BCUT2D eigenvalue weighted by Gasteiger charge is 2.13. The minimum Gasteiger partial charge on any atom is -0.419 e. The first kappa shape index (κ1) is 14.5. The van der Waals surface area contributed by atoms with Crippen LogP contribution in [0.5, 0.6) is 0 Å². The van der Waals surface area contributed by atoms with Crippen LogP contribution >= 0.6 is 27.5 Å². The lowest BCUT2D eigenvalue weighted by Gasteiger charge is -2.18. The summed E-state index contributed by atoms with van der Waals surface area (Å²) in [5, 5.41) is 12.0. The molecule has 19 heavy (non-hydrogen) atoms. The van der Waals surface area contributed by atoms with Gasteiger partial charge in [-0.2, -0.15) is 0 Å². The minimum atomic E-state index is 0.00948. The van der Waals surface area contributed by atoms with Crippen LogP contribution in [0.3, 0.4) is 0 Å². The second-order valence-electron chi connectivity index (χ2n) is 5.23. The molecule has 0 atom stereocenters. The summed E-state index contributed by atoms with van der Waals surface area (Å²) < 4.78 is 6.44. The maximum absolute atomic E-state index is 6.04. The molecule has 2 aromatic rings. The van der Waals surface area contributed by atoms with Crippen molar-refractivity contribution >= 4 is 27.5 Å². The predicted molar refractivity (Wildman–Crippen MR) is 79.0 cm³/mol. The van der Waals surface area contributed by atoms with Crippen LogP contribution in [0, 0.1) is 0 Å². The highest BCUT2D eigenvalue weighted by Crippen LogP contribution is 2.28. The fourth-order valence-electron chi connectivity index (χ4n) is 1.41. The second-order valence-corrected chi connectivity index (χ2v) is 6.49. The summed E-state index contributed by atoms with van der Waals surface area (Å²) in [6.07, 6.45) is 0. The quantitative estimate of drug-likeness (QED) is 0.913. The van der Waals surface area contributed by atoms with E-state index in [1.54, 1.807) is 6.07 Å². The Morgan fingerprint density at radius 3 is 2.68 bits per heavy atom. The summed E-state index contributed by atoms with van der Waals surface area (Å²) in [7, 11) is 0. The van der Waals surface area contributed by atoms with E-state index in [-0.39, 0.29) is 5.54 Å². The van der Waals surface area contributed by atoms with E-state index in [1.165, 1.54) is 0 Å². The molecular formula is C13H15BrClN3O. The van der Waals surface area contributed by atoms with E-state index in [0.717, 1.165) is 10.0 Å². The van der Waals surface area contributed by atoms with E-state index in [9.17, 15) is 0 Å². The van der Waals surface area contributed by atoms with Crippen molar-refractivity contribution in [1.29, 1.82) is 0 Å². The third-order valence-electron chi connectivity index (χ3n) is 2.40. The molecule has 0 bridgehead atoms. The Morgan fingerprint density at radius 1 is 1.32 bits per heavy atom. The van der Waals surface area contributed by atoms with Gasteiger partial charge in [0.1, 0.15) is 0 Å². The SMILES string of the molecule is CC(C)(C)NCc1nnc(-c2ccc(Br)c(Cl)c2)o1. The third-order valence-corrected chi connectivity index (χ3v) is 3.64. The monoisotopic (exact) mass is 343 g/mol. The van der Waals surface area contributed by atoms with Gasteiger partial charge in [-0.1, -0.05) is 11.6 Å². The normalized spacial score (nSPS) is 11.8. The molecular weight excluding hydrogens is 330 g/mol. The minimum absolute atomic E-state index is 0.00948. The Balaban J connectivity index is 2.14. The molecule has 0 aliphatic rings. The number of halogens is 2. The van der Waals surface area contributed by atoms with Crippen LogP contribution in [-0.4, -0.2) is 15.7 Å². The van der Waals surface area contributed by atoms with Crippen molar-refractivity contribution < 1.29 is 4.42 Å². The molecule has 0 unspecified atom stereocenters. The summed E-state index contributed by atoms with van der Waals surface area (Å²) in [5.41, 5.74) is 0.818. The Bertz CT molecular complexity index is 578. The van der Waals surface area contributed by atoms with Gasteiger partial charge >= 0.3 is 0 Å². The third kappa shape index (κ3) is 4.03. The van der Waals surface area contributed by atoms with Gasteiger partial charge in [-0.25, -0.2) is 0 Å². The molecule has 2 rings (SSSR count). The molecule has 0 radical (unpaired) electrons. The second kappa shape index (κ2) is 5.61. The van der Waals surface area contributed by atoms with Crippen LogP contribution in [-0.2, 0) is 6.54 Å². The van der Waals surface area contributed by atoms with E-state index < -0.39 is 0 Å². The molecule has 0 fully saturated rings. The Hall–Kier alpha value is -0.910. The Kier molecular flexibility index (Phi) is 4.28. The fourth-order valence-corrected chi connectivity index (χ4v) is 1.84. The van der Waals surface area contributed by atoms with Gasteiger partial charge in [0.2, 0.25) is 11.8 Å². The standard InChI is InChI=1S/C13H15BrClN3O/c1-13(2,3)16-7-11-17-18-12(19-11)8-4-5-9(14)10(15)6-8/h4-6,16H,7H2,1-3H3. The highest BCUT2D eigenvalue weighted by atomic mass is 79.9. The molecule has 1 heterocycles. The zero-order valence-corrected chi connectivity index (χ0v) is 13.3. The molecule has 0 aliphatic carbocycles. The van der Waals surface area contributed by atoms with E-state index in [4.69, 9.17) is 16.0 Å². The van der Waals surface area contributed by atoms with Gasteiger partial charge in [-0.15, -0.1) is 10.2 Å². The molecule has 0 aliphatic heterocycles. The maximum atomic E-state index is 6.04. The summed E-state index contributed by atoms with van der Waals surface area (Å²) >= 11 is 9.39. The van der Waals surface area contributed by atoms with Crippen molar-refractivity contribution in [2.24, 2.45) is 0 Å². The number of benzene rings is 1. The van der Waals surface area contributed by atoms with Crippen molar-refractivity contribution in [3.63, 3.8) is 0 Å². The predicted octanol–water partition coefficient (Wildman–Crippen LogP) is 4.04. The number of hydrogen-bond acceptors (Lipinski definition) is 4. The lowest BCUT2D eigenvalue weighted by atomic mass is 10.1. The van der Waals surface area contributed by atoms with Crippen LogP contribution in [0.15, 0.2) is 27.1 Å². The molecule has 0 saturated heterocycles. The van der Waals surface area contributed by atoms with E-state index in [2.05, 4.69) is 52.2 Å².